The highest BCUT2D eigenvalue weighted by Gasteiger charge is 2.18. The Bertz CT molecular complexity index is 1020. The van der Waals surface area contributed by atoms with E-state index in [0.29, 0.717) is 23.6 Å². The number of aryl methyl sites for hydroxylation is 1. The molecule has 1 N–H and O–H groups in total. The smallest absolute Gasteiger partial charge is 0.322 e. The fraction of sp³-hybridized carbons (Fsp3) is 0.176. The first-order chi connectivity index (χ1) is 11.9. The van der Waals surface area contributed by atoms with Gasteiger partial charge in [-0.1, -0.05) is 12.1 Å². The van der Waals surface area contributed by atoms with Crippen LogP contribution in [0.3, 0.4) is 0 Å². The minimum atomic E-state index is -1.67. The summed E-state index contributed by atoms with van der Waals surface area (Å²) in [6.07, 6.45) is 0. The third kappa shape index (κ3) is 2.90. The summed E-state index contributed by atoms with van der Waals surface area (Å²) >= 11 is 0. The van der Waals surface area contributed by atoms with E-state index in [0.717, 1.165) is 6.07 Å². The van der Waals surface area contributed by atoms with Crippen LogP contribution >= 0.6 is 0 Å². The first-order valence-electron chi connectivity index (χ1n) is 7.55. The van der Waals surface area contributed by atoms with Gasteiger partial charge in [0.15, 0.2) is 17.5 Å². The average Bonchev–Trinajstić information content (AvgIpc) is 2.87. The number of anilines is 1. The van der Waals surface area contributed by atoms with Crippen molar-refractivity contribution in [2.45, 2.75) is 20.0 Å². The van der Waals surface area contributed by atoms with Gasteiger partial charge in [0.2, 0.25) is 5.91 Å². The Morgan fingerprint density at radius 1 is 1.00 bits per heavy atom. The summed E-state index contributed by atoms with van der Waals surface area (Å²) in [4.78, 5) is 24.6. The van der Waals surface area contributed by atoms with Crippen LogP contribution in [0.15, 0.2) is 41.2 Å². The summed E-state index contributed by atoms with van der Waals surface area (Å²) in [6, 6.07) is 8.57. The van der Waals surface area contributed by atoms with Crippen molar-refractivity contribution in [3.05, 3.63) is 64.3 Å². The molecular formula is C17H14F3N3O2. The molecule has 5 nitrogen and oxygen atoms in total. The highest BCUT2D eigenvalue weighted by Crippen LogP contribution is 2.20. The lowest BCUT2D eigenvalue weighted by Crippen LogP contribution is -2.29. The van der Waals surface area contributed by atoms with Crippen molar-refractivity contribution in [2.75, 3.05) is 5.32 Å². The topological polar surface area (TPSA) is 56.0 Å². The minimum Gasteiger partial charge on any atom is -0.322 e. The van der Waals surface area contributed by atoms with Crippen LogP contribution in [0.5, 0.6) is 0 Å². The van der Waals surface area contributed by atoms with E-state index in [-0.39, 0.29) is 12.2 Å². The van der Waals surface area contributed by atoms with Crippen LogP contribution < -0.4 is 11.0 Å². The summed E-state index contributed by atoms with van der Waals surface area (Å²) in [5, 5.41) is 2.16. The molecule has 0 aliphatic heterocycles. The van der Waals surface area contributed by atoms with Gasteiger partial charge in [-0.2, -0.15) is 0 Å². The van der Waals surface area contributed by atoms with Gasteiger partial charge in [-0.25, -0.2) is 18.0 Å². The van der Waals surface area contributed by atoms with Crippen LogP contribution in [0.1, 0.15) is 6.92 Å². The predicted molar refractivity (Wildman–Crippen MR) is 86.8 cm³/mol. The molecule has 130 valence electrons. The monoisotopic (exact) mass is 349 g/mol. The summed E-state index contributed by atoms with van der Waals surface area (Å²) in [6.45, 7) is 1.84. The molecule has 0 aliphatic carbocycles. The van der Waals surface area contributed by atoms with Crippen LogP contribution in [0.2, 0.25) is 0 Å². The molecule has 0 atom stereocenters. The zero-order chi connectivity index (χ0) is 18.1. The van der Waals surface area contributed by atoms with E-state index in [1.54, 1.807) is 31.2 Å². The van der Waals surface area contributed by atoms with Gasteiger partial charge in [0.25, 0.3) is 0 Å². The second-order valence-corrected chi connectivity index (χ2v) is 5.37. The number of imidazole rings is 1. The number of amides is 1. The molecule has 2 aromatic carbocycles. The second-order valence-electron chi connectivity index (χ2n) is 5.37. The van der Waals surface area contributed by atoms with Gasteiger partial charge in [0, 0.05) is 6.54 Å². The molecule has 0 unspecified atom stereocenters. The summed E-state index contributed by atoms with van der Waals surface area (Å²) < 4.78 is 42.6. The van der Waals surface area contributed by atoms with Crippen molar-refractivity contribution < 1.29 is 18.0 Å². The van der Waals surface area contributed by atoms with Gasteiger partial charge in [-0.3, -0.25) is 13.9 Å². The molecule has 0 fully saturated rings. The van der Waals surface area contributed by atoms with E-state index in [9.17, 15) is 22.8 Å². The fourth-order valence-electron chi connectivity index (χ4n) is 2.69. The molecule has 3 aromatic rings. The average molecular weight is 349 g/mol. The van der Waals surface area contributed by atoms with Crippen molar-refractivity contribution in [2.24, 2.45) is 0 Å². The van der Waals surface area contributed by atoms with Crippen LogP contribution in [0.4, 0.5) is 18.9 Å². The number of rotatable bonds is 4. The lowest BCUT2D eigenvalue weighted by Gasteiger charge is -2.08. The Hall–Kier alpha value is -3.03. The minimum absolute atomic E-state index is 0.384. The first-order valence-corrected chi connectivity index (χ1v) is 7.55. The summed E-state index contributed by atoms with van der Waals surface area (Å²) in [5.41, 5.74) is 0.345. The Morgan fingerprint density at radius 2 is 1.64 bits per heavy atom. The lowest BCUT2D eigenvalue weighted by molar-refractivity contribution is -0.116. The molecule has 1 aromatic heterocycles. The molecule has 0 spiro atoms. The number of para-hydroxylation sites is 2. The summed E-state index contributed by atoms with van der Waals surface area (Å²) in [7, 11) is 0. The first kappa shape index (κ1) is 16.8. The van der Waals surface area contributed by atoms with E-state index in [4.69, 9.17) is 0 Å². The third-order valence-corrected chi connectivity index (χ3v) is 3.85. The number of nitrogens with zero attached hydrogens (tertiary/aromatic N) is 2. The Labute approximate surface area is 140 Å². The number of benzene rings is 2. The molecule has 1 heterocycles. The number of halogens is 3. The van der Waals surface area contributed by atoms with Gasteiger partial charge < -0.3 is 5.32 Å². The molecule has 3 rings (SSSR count). The van der Waals surface area contributed by atoms with E-state index in [2.05, 4.69) is 5.32 Å². The van der Waals surface area contributed by atoms with Gasteiger partial charge in [-0.05, 0) is 31.2 Å². The van der Waals surface area contributed by atoms with Crippen molar-refractivity contribution in [3.8, 4) is 0 Å². The van der Waals surface area contributed by atoms with Crippen molar-refractivity contribution >= 4 is 22.6 Å². The number of fused-ring (bicyclic) bond motifs is 1. The van der Waals surface area contributed by atoms with Crippen molar-refractivity contribution in [3.63, 3.8) is 0 Å². The molecule has 0 saturated heterocycles. The number of carbonyl (C=O) groups excluding carboxylic acids is 1. The number of hydrogen-bond donors (Lipinski definition) is 1. The Kier molecular flexibility index (Phi) is 4.35. The molecule has 0 saturated carbocycles. The zero-order valence-corrected chi connectivity index (χ0v) is 13.2. The molecular weight excluding hydrogens is 335 g/mol. The van der Waals surface area contributed by atoms with E-state index in [1.807, 2.05) is 0 Å². The van der Waals surface area contributed by atoms with Gasteiger partial charge >= 0.3 is 5.69 Å². The Balaban J connectivity index is 1.92. The van der Waals surface area contributed by atoms with Crippen LogP contribution in [-0.2, 0) is 17.9 Å². The molecule has 25 heavy (non-hydrogen) atoms. The Morgan fingerprint density at radius 3 is 2.28 bits per heavy atom. The van der Waals surface area contributed by atoms with E-state index in [1.165, 1.54) is 9.13 Å². The van der Waals surface area contributed by atoms with Gasteiger partial charge in [0.1, 0.15) is 6.54 Å². The second kappa shape index (κ2) is 6.46. The summed E-state index contributed by atoms with van der Waals surface area (Å²) in [5.74, 6) is -5.24. The number of aromatic nitrogens is 2. The number of nitrogens with one attached hydrogen (secondary N) is 1. The van der Waals surface area contributed by atoms with Crippen LogP contribution in [0.25, 0.3) is 11.0 Å². The number of hydrogen-bond acceptors (Lipinski definition) is 2. The van der Waals surface area contributed by atoms with E-state index < -0.39 is 29.0 Å². The molecule has 0 bridgehead atoms. The van der Waals surface area contributed by atoms with Gasteiger partial charge in [-0.15, -0.1) is 0 Å². The molecule has 0 radical (unpaired) electrons. The van der Waals surface area contributed by atoms with Crippen LogP contribution in [0, 0.1) is 17.5 Å². The largest absolute Gasteiger partial charge is 0.329 e. The predicted octanol–water partition coefficient (Wildman–Crippen LogP) is 2.88. The van der Waals surface area contributed by atoms with Crippen molar-refractivity contribution in [1.29, 1.82) is 0 Å². The van der Waals surface area contributed by atoms with E-state index >= 15 is 0 Å². The molecule has 8 heteroatoms. The maximum Gasteiger partial charge on any atom is 0.329 e. The normalized spacial score (nSPS) is 11.0. The highest BCUT2D eigenvalue weighted by molar-refractivity contribution is 5.91. The maximum absolute atomic E-state index is 13.7. The third-order valence-electron chi connectivity index (χ3n) is 3.85. The van der Waals surface area contributed by atoms with Crippen LogP contribution in [-0.4, -0.2) is 15.0 Å². The van der Waals surface area contributed by atoms with Gasteiger partial charge in [0.05, 0.1) is 16.7 Å². The standard InChI is InChI=1S/C17H14F3N3O2/c1-2-22-12-5-3-4-6-13(12)23(17(22)25)9-14(24)21-11-8-7-10(18)15(19)16(11)20/h3-8H,2,9H2,1H3,(H,21,24). The highest BCUT2D eigenvalue weighted by atomic mass is 19.2. The molecule has 0 aliphatic rings. The quantitative estimate of drug-likeness (QED) is 0.737. The molecule has 1 amide bonds. The SMILES string of the molecule is CCn1c(=O)n(CC(=O)Nc2ccc(F)c(F)c2F)c2ccccc21. The fourth-order valence-corrected chi connectivity index (χ4v) is 2.69. The zero-order valence-electron chi connectivity index (χ0n) is 13.2. The lowest BCUT2D eigenvalue weighted by atomic mass is 10.2. The number of carbonyl (C=O) groups is 1. The van der Waals surface area contributed by atoms with Crippen molar-refractivity contribution in [1.82, 2.24) is 9.13 Å². The maximum atomic E-state index is 13.7.